The predicted molar refractivity (Wildman–Crippen MR) is 121 cm³/mol. The molecule has 0 bridgehead atoms. The zero-order valence-electron chi connectivity index (χ0n) is 17.6. The highest BCUT2D eigenvalue weighted by Gasteiger charge is 2.46. The number of para-hydroxylation sites is 1. The number of likely N-dealkylation sites (N-methyl/N-ethyl adjacent to an activating group) is 1. The first-order valence-corrected chi connectivity index (χ1v) is 10.7. The monoisotopic (exact) mass is 397 g/mol. The van der Waals surface area contributed by atoms with Crippen molar-refractivity contribution in [2.24, 2.45) is 0 Å². The zero-order chi connectivity index (χ0) is 20.7. The number of aryl methyl sites for hydroxylation is 1. The number of aromatic nitrogens is 1. The molecule has 1 saturated carbocycles. The average molecular weight is 398 g/mol. The van der Waals surface area contributed by atoms with Crippen LogP contribution >= 0.6 is 0 Å². The Morgan fingerprint density at radius 1 is 1.13 bits per heavy atom. The molecule has 4 heteroatoms. The molecule has 3 aromatic rings. The second kappa shape index (κ2) is 7.37. The van der Waals surface area contributed by atoms with Gasteiger partial charge in [0, 0.05) is 30.2 Å². The van der Waals surface area contributed by atoms with Crippen LogP contribution in [0, 0.1) is 6.92 Å². The molecule has 0 spiro atoms. The fourth-order valence-corrected chi connectivity index (χ4v) is 4.48. The highest BCUT2D eigenvalue weighted by atomic mass is 16.1. The first-order chi connectivity index (χ1) is 14.6. The van der Waals surface area contributed by atoms with Crippen LogP contribution in [0.25, 0.3) is 16.5 Å². The molecule has 1 aromatic heterocycles. The number of nitrogens with zero attached hydrogens (tertiary/aromatic N) is 2. The van der Waals surface area contributed by atoms with Gasteiger partial charge in [-0.1, -0.05) is 36.4 Å². The van der Waals surface area contributed by atoms with Crippen molar-refractivity contribution >= 4 is 22.4 Å². The first kappa shape index (κ1) is 19.0. The van der Waals surface area contributed by atoms with Crippen molar-refractivity contribution in [2.75, 3.05) is 20.1 Å². The van der Waals surface area contributed by atoms with E-state index in [1.54, 1.807) is 0 Å². The predicted octanol–water partition coefficient (Wildman–Crippen LogP) is 4.68. The van der Waals surface area contributed by atoms with E-state index in [0.29, 0.717) is 0 Å². The van der Waals surface area contributed by atoms with Gasteiger partial charge >= 0.3 is 0 Å². The number of hydrogen-bond acceptors (Lipinski definition) is 3. The molecule has 152 valence electrons. The van der Waals surface area contributed by atoms with Gasteiger partial charge in [-0.2, -0.15) is 0 Å². The zero-order valence-corrected chi connectivity index (χ0v) is 17.6. The number of fused-ring (bicyclic) bond motifs is 1. The SMILES string of the molecule is Cc1ccc(C2=CCN(C)CC2)cc1C(=O)NC1(c2ccnc3ccccc23)CC1. The van der Waals surface area contributed by atoms with Crippen LogP contribution in [0.5, 0.6) is 0 Å². The van der Waals surface area contributed by atoms with Crippen LogP contribution in [-0.2, 0) is 5.54 Å². The quantitative estimate of drug-likeness (QED) is 0.695. The van der Waals surface area contributed by atoms with Crippen molar-refractivity contribution in [1.82, 2.24) is 15.2 Å². The maximum absolute atomic E-state index is 13.4. The summed E-state index contributed by atoms with van der Waals surface area (Å²) in [4.78, 5) is 20.2. The summed E-state index contributed by atoms with van der Waals surface area (Å²) in [6.45, 7) is 4.03. The molecule has 4 nitrogen and oxygen atoms in total. The van der Waals surface area contributed by atoms with E-state index in [2.05, 4.69) is 58.7 Å². The number of benzene rings is 2. The minimum Gasteiger partial charge on any atom is -0.342 e. The molecule has 2 heterocycles. The summed E-state index contributed by atoms with van der Waals surface area (Å²) in [5.74, 6) is 0.0151. The first-order valence-electron chi connectivity index (χ1n) is 10.7. The van der Waals surface area contributed by atoms with Gasteiger partial charge < -0.3 is 10.2 Å². The summed E-state index contributed by atoms with van der Waals surface area (Å²) in [6.07, 6.45) is 7.07. The standard InChI is InChI=1S/C26H27N3O/c1-18-7-8-20(19-10-15-29(2)16-11-19)17-22(18)25(30)28-26(12-13-26)23-9-14-27-24-6-4-3-5-21(23)24/h3-10,14,17H,11-13,15-16H2,1-2H3,(H,28,30). The van der Waals surface area contributed by atoms with Crippen molar-refractivity contribution in [2.45, 2.75) is 31.7 Å². The maximum atomic E-state index is 13.4. The molecule has 0 saturated heterocycles. The summed E-state index contributed by atoms with van der Waals surface area (Å²) in [6, 6.07) is 16.5. The van der Waals surface area contributed by atoms with E-state index < -0.39 is 0 Å². The van der Waals surface area contributed by atoms with E-state index in [1.165, 1.54) is 11.1 Å². The van der Waals surface area contributed by atoms with Gasteiger partial charge in [0.05, 0.1) is 11.1 Å². The molecule has 2 aromatic carbocycles. The molecular weight excluding hydrogens is 370 g/mol. The largest absolute Gasteiger partial charge is 0.342 e. The Morgan fingerprint density at radius 2 is 1.97 bits per heavy atom. The van der Waals surface area contributed by atoms with E-state index in [0.717, 1.165) is 59.9 Å². The topological polar surface area (TPSA) is 45.2 Å². The van der Waals surface area contributed by atoms with E-state index in [4.69, 9.17) is 0 Å². The average Bonchev–Trinajstić information content (AvgIpc) is 3.54. The molecular formula is C26H27N3O. The van der Waals surface area contributed by atoms with Crippen molar-refractivity contribution in [3.05, 3.63) is 83.1 Å². The number of amides is 1. The molecule has 30 heavy (non-hydrogen) atoms. The molecule has 0 atom stereocenters. The van der Waals surface area contributed by atoms with Gasteiger partial charge in [-0.15, -0.1) is 0 Å². The summed E-state index contributed by atoms with van der Waals surface area (Å²) in [5.41, 5.74) is 6.16. The second-order valence-electron chi connectivity index (χ2n) is 8.68. The Hall–Kier alpha value is -2.98. The summed E-state index contributed by atoms with van der Waals surface area (Å²) in [5, 5.41) is 4.50. The van der Waals surface area contributed by atoms with E-state index >= 15 is 0 Å². The van der Waals surface area contributed by atoms with Gasteiger partial charge in [0.2, 0.25) is 0 Å². The van der Waals surface area contributed by atoms with Crippen molar-refractivity contribution in [3.8, 4) is 0 Å². The molecule has 1 amide bonds. The lowest BCUT2D eigenvalue weighted by molar-refractivity contribution is 0.0930. The van der Waals surface area contributed by atoms with E-state index in [1.807, 2.05) is 31.3 Å². The van der Waals surface area contributed by atoms with E-state index in [9.17, 15) is 4.79 Å². The van der Waals surface area contributed by atoms with E-state index in [-0.39, 0.29) is 11.4 Å². The molecule has 1 aliphatic heterocycles. The number of pyridine rings is 1. The van der Waals surface area contributed by atoms with Crippen LogP contribution in [0.3, 0.4) is 0 Å². The van der Waals surface area contributed by atoms with Crippen LogP contribution in [0.15, 0.2) is 60.8 Å². The minimum atomic E-state index is -0.283. The minimum absolute atomic E-state index is 0.0151. The third-order valence-electron chi connectivity index (χ3n) is 6.53. The van der Waals surface area contributed by atoms with Crippen LogP contribution < -0.4 is 5.32 Å². The van der Waals surface area contributed by atoms with Gasteiger partial charge in [0.15, 0.2) is 0 Å². The number of carbonyl (C=O) groups is 1. The normalized spacial score (nSPS) is 18.1. The lowest BCUT2D eigenvalue weighted by atomic mass is 9.95. The Bertz CT molecular complexity index is 1150. The van der Waals surface area contributed by atoms with Gasteiger partial charge in [0.1, 0.15) is 0 Å². The van der Waals surface area contributed by atoms with Crippen molar-refractivity contribution in [1.29, 1.82) is 0 Å². The highest BCUT2D eigenvalue weighted by molar-refractivity contribution is 5.98. The Morgan fingerprint density at radius 3 is 2.73 bits per heavy atom. The molecule has 1 aliphatic carbocycles. The fourth-order valence-electron chi connectivity index (χ4n) is 4.48. The Kier molecular flexibility index (Phi) is 4.67. The van der Waals surface area contributed by atoms with Gasteiger partial charge in [0.25, 0.3) is 5.91 Å². The summed E-state index contributed by atoms with van der Waals surface area (Å²) >= 11 is 0. The molecule has 1 fully saturated rings. The molecule has 0 unspecified atom stereocenters. The van der Waals surface area contributed by atoms with Gasteiger partial charge in [-0.05, 0) is 73.7 Å². The van der Waals surface area contributed by atoms with Crippen LogP contribution in [0.2, 0.25) is 0 Å². The van der Waals surface area contributed by atoms with Crippen LogP contribution in [-0.4, -0.2) is 35.9 Å². The summed E-state index contributed by atoms with van der Waals surface area (Å²) < 4.78 is 0. The van der Waals surface area contributed by atoms with Crippen molar-refractivity contribution in [3.63, 3.8) is 0 Å². The van der Waals surface area contributed by atoms with Gasteiger partial charge in [-0.25, -0.2) is 0 Å². The highest BCUT2D eigenvalue weighted by Crippen LogP contribution is 2.47. The molecule has 0 radical (unpaired) electrons. The van der Waals surface area contributed by atoms with Crippen molar-refractivity contribution < 1.29 is 4.79 Å². The Labute approximate surface area is 177 Å². The number of nitrogens with one attached hydrogen (secondary N) is 1. The third-order valence-corrected chi connectivity index (χ3v) is 6.53. The Balaban J connectivity index is 1.45. The summed E-state index contributed by atoms with van der Waals surface area (Å²) in [7, 11) is 2.14. The fraction of sp³-hybridized carbons (Fsp3) is 0.308. The lowest BCUT2D eigenvalue weighted by Crippen LogP contribution is -2.35. The molecule has 1 N–H and O–H groups in total. The second-order valence-corrected chi connectivity index (χ2v) is 8.68. The number of hydrogen-bond donors (Lipinski definition) is 1. The van der Waals surface area contributed by atoms with Crippen LogP contribution in [0.4, 0.5) is 0 Å². The van der Waals surface area contributed by atoms with Gasteiger partial charge in [-0.3, -0.25) is 9.78 Å². The van der Waals surface area contributed by atoms with Crippen LogP contribution in [0.1, 0.15) is 46.3 Å². The number of carbonyl (C=O) groups excluding carboxylic acids is 1. The molecule has 2 aliphatic rings. The molecule has 5 rings (SSSR count). The third kappa shape index (κ3) is 3.41. The smallest absolute Gasteiger partial charge is 0.252 e. The number of rotatable bonds is 4. The maximum Gasteiger partial charge on any atom is 0.252 e. The lowest BCUT2D eigenvalue weighted by Gasteiger charge is -2.23.